The Morgan fingerprint density at radius 2 is 0.707 bits per heavy atom. The number of unbranched alkanes of at least 4 members (excludes halogenated alkanes) is 39. The minimum Gasteiger partial charge on any atom is -0.506 e. The third-order valence-electron chi connectivity index (χ3n) is 16.4. The van der Waals surface area contributed by atoms with E-state index in [1.165, 1.54) is 244 Å². The van der Waals surface area contributed by atoms with Gasteiger partial charge in [0.25, 0.3) is 0 Å². The molecule has 0 spiro atoms. The summed E-state index contributed by atoms with van der Waals surface area (Å²) in [5, 5.41) is 11.1. The Labute approximate surface area is 499 Å². The summed E-state index contributed by atoms with van der Waals surface area (Å²) < 4.78 is 25.0. The molecular formula is C73H116N2O7. The van der Waals surface area contributed by atoms with E-state index in [2.05, 4.69) is 30.7 Å². The smallest absolute Gasteiger partial charge is 0.337 e. The number of aliphatic hydroxyl groups is 1. The fourth-order valence-corrected chi connectivity index (χ4v) is 11.1. The number of H-pyrrole nitrogens is 2. The van der Waals surface area contributed by atoms with Crippen LogP contribution in [-0.4, -0.2) is 53.8 Å². The maximum Gasteiger partial charge on any atom is 0.337 e. The van der Waals surface area contributed by atoms with Gasteiger partial charge in [-0.3, -0.25) is 4.79 Å². The highest BCUT2D eigenvalue weighted by molar-refractivity contribution is 6.07. The van der Waals surface area contributed by atoms with Crippen molar-refractivity contribution in [2.75, 3.05) is 26.9 Å². The summed E-state index contributed by atoms with van der Waals surface area (Å²) >= 11 is 0. The van der Waals surface area contributed by atoms with Gasteiger partial charge in [-0.05, 0) is 73.4 Å². The third kappa shape index (κ3) is 30.6. The fourth-order valence-electron chi connectivity index (χ4n) is 11.1. The summed E-state index contributed by atoms with van der Waals surface area (Å²) in [5.41, 5.74) is 4.34. The summed E-state index contributed by atoms with van der Waals surface area (Å²) in [6, 6.07) is 18.3. The van der Waals surface area contributed by atoms with Crippen LogP contribution in [0.2, 0.25) is 0 Å². The van der Waals surface area contributed by atoms with E-state index in [4.69, 9.17) is 18.9 Å². The lowest BCUT2D eigenvalue weighted by molar-refractivity contribution is 0.0600. The molecule has 0 radical (unpaired) electrons. The van der Waals surface area contributed by atoms with Crippen molar-refractivity contribution in [2.24, 2.45) is 0 Å². The van der Waals surface area contributed by atoms with E-state index < -0.39 is 5.97 Å². The Morgan fingerprint density at radius 3 is 1.07 bits per heavy atom. The maximum absolute atomic E-state index is 13.7. The summed E-state index contributed by atoms with van der Waals surface area (Å²) in [4.78, 5) is 32.2. The van der Waals surface area contributed by atoms with Crippen molar-refractivity contribution in [3.05, 3.63) is 83.7 Å². The zero-order valence-electron chi connectivity index (χ0n) is 52.6. The molecule has 0 atom stereocenters. The van der Waals surface area contributed by atoms with Gasteiger partial charge in [-0.15, -0.1) is 0 Å². The number of carbonyl (C=O) groups excluding carboxylic acids is 2. The standard InChI is InChI=1S/C73H116N2O7/c1-5-8-11-14-17-20-23-26-29-32-35-38-41-44-55-80-70-58-63(65-52-54-67(75-65)69(77)60-68(76)66-53-51-64(74-66)61-47-49-62(50-48-61)73(78)79-4)59-71(81-56-45-42-39-36-33-30-27-24-21-18-15-12-9-6-2)72(70)82-57-46-43-40-37-34-31-28-25-22-19-16-13-10-7-3/h47-54,58-60,74-76H,5-46,55-57H2,1-4H3/b68-60+. The lowest BCUT2D eigenvalue weighted by Crippen LogP contribution is -2.07. The first-order valence-corrected chi connectivity index (χ1v) is 34.0. The highest BCUT2D eigenvalue weighted by Crippen LogP contribution is 2.42. The molecule has 460 valence electrons. The van der Waals surface area contributed by atoms with Crippen molar-refractivity contribution in [2.45, 2.75) is 290 Å². The molecule has 3 N–H and O–H groups in total. The largest absolute Gasteiger partial charge is 0.506 e. The summed E-state index contributed by atoms with van der Waals surface area (Å²) in [6.45, 7) is 8.64. The average molecular weight is 1130 g/mol. The predicted octanol–water partition coefficient (Wildman–Crippen LogP) is 22.8. The van der Waals surface area contributed by atoms with Crippen LogP contribution >= 0.6 is 0 Å². The Kier molecular flexibility index (Phi) is 39.4. The molecule has 9 heteroatoms. The Hall–Kier alpha value is -4.92. The van der Waals surface area contributed by atoms with E-state index in [0.29, 0.717) is 54.0 Å². The first kappa shape index (κ1) is 69.6. The number of ketones is 1. The van der Waals surface area contributed by atoms with Crippen molar-refractivity contribution >= 4 is 17.5 Å². The van der Waals surface area contributed by atoms with E-state index in [0.717, 1.165) is 61.0 Å². The highest BCUT2D eigenvalue weighted by atomic mass is 16.5. The molecule has 9 nitrogen and oxygen atoms in total. The summed E-state index contributed by atoms with van der Waals surface area (Å²) in [5.74, 6) is 1.08. The molecule has 0 bridgehead atoms. The van der Waals surface area contributed by atoms with Gasteiger partial charge >= 0.3 is 5.97 Å². The van der Waals surface area contributed by atoms with Gasteiger partial charge in [0.05, 0.1) is 43.9 Å². The minimum atomic E-state index is -0.407. The Morgan fingerprint density at radius 1 is 0.390 bits per heavy atom. The first-order chi connectivity index (χ1) is 40.4. The van der Waals surface area contributed by atoms with Gasteiger partial charge in [0.15, 0.2) is 11.5 Å². The monoisotopic (exact) mass is 1130 g/mol. The zero-order chi connectivity index (χ0) is 58.3. The molecule has 0 fully saturated rings. The number of aliphatic hydroxyl groups excluding tert-OH is 1. The molecule has 0 aliphatic heterocycles. The average Bonchev–Trinajstić information content (AvgIpc) is 4.39. The van der Waals surface area contributed by atoms with E-state index >= 15 is 0 Å². The van der Waals surface area contributed by atoms with Crippen LogP contribution in [0.5, 0.6) is 17.2 Å². The molecule has 2 aromatic heterocycles. The first-order valence-electron chi connectivity index (χ1n) is 34.0. The van der Waals surface area contributed by atoms with Crippen LogP contribution in [0.1, 0.15) is 317 Å². The van der Waals surface area contributed by atoms with E-state index in [1.54, 1.807) is 24.3 Å². The third-order valence-corrected chi connectivity index (χ3v) is 16.4. The quantitative estimate of drug-likeness (QED) is 0.0132. The molecule has 0 saturated carbocycles. The number of hydrogen-bond donors (Lipinski definition) is 3. The number of aromatic nitrogens is 2. The maximum atomic E-state index is 13.7. The van der Waals surface area contributed by atoms with Crippen LogP contribution in [0, 0.1) is 0 Å². The number of nitrogens with one attached hydrogen (secondary N) is 2. The van der Waals surface area contributed by atoms with Gasteiger partial charge in [-0.25, -0.2) is 4.79 Å². The molecular weight excluding hydrogens is 1020 g/mol. The lowest BCUT2D eigenvalue weighted by atomic mass is 10.0. The second kappa shape index (κ2) is 46.5. The number of carbonyl (C=O) groups is 2. The number of hydrogen-bond acceptors (Lipinski definition) is 7. The van der Waals surface area contributed by atoms with Gasteiger partial charge in [0.2, 0.25) is 11.5 Å². The highest BCUT2D eigenvalue weighted by Gasteiger charge is 2.19. The predicted molar refractivity (Wildman–Crippen MR) is 346 cm³/mol. The molecule has 2 aromatic carbocycles. The van der Waals surface area contributed by atoms with Crippen LogP contribution in [0.15, 0.2) is 66.7 Å². The van der Waals surface area contributed by atoms with Crippen LogP contribution < -0.4 is 14.2 Å². The van der Waals surface area contributed by atoms with Crippen molar-refractivity contribution in [1.29, 1.82) is 0 Å². The zero-order valence-corrected chi connectivity index (χ0v) is 52.6. The number of methoxy groups -OCH3 is 1. The molecule has 2 heterocycles. The summed E-state index contributed by atoms with van der Waals surface area (Å²) in [7, 11) is 1.35. The van der Waals surface area contributed by atoms with Crippen LogP contribution in [0.25, 0.3) is 28.3 Å². The minimum absolute atomic E-state index is 0.183. The number of benzene rings is 2. The molecule has 0 aliphatic rings. The normalized spacial score (nSPS) is 11.6. The molecule has 4 rings (SSSR count). The molecule has 0 unspecified atom stereocenters. The lowest BCUT2D eigenvalue weighted by Gasteiger charge is -2.19. The van der Waals surface area contributed by atoms with Gasteiger partial charge in [0.1, 0.15) is 5.76 Å². The molecule has 0 aliphatic carbocycles. The van der Waals surface area contributed by atoms with Gasteiger partial charge < -0.3 is 34.0 Å². The van der Waals surface area contributed by atoms with Crippen molar-refractivity contribution in [3.8, 4) is 39.8 Å². The number of allylic oxidation sites excluding steroid dienone is 1. The van der Waals surface area contributed by atoms with Gasteiger partial charge in [0, 0.05) is 23.0 Å². The van der Waals surface area contributed by atoms with Crippen molar-refractivity contribution in [3.63, 3.8) is 0 Å². The number of aromatic amines is 2. The molecule has 82 heavy (non-hydrogen) atoms. The van der Waals surface area contributed by atoms with E-state index in [9.17, 15) is 14.7 Å². The van der Waals surface area contributed by atoms with E-state index in [1.807, 2.05) is 36.4 Å². The second-order valence-electron chi connectivity index (χ2n) is 23.7. The number of esters is 1. The van der Waals surface area contributed by atoms with Gasteiger partial charge in [-0.1, -0.05) is 283 Å². The van der Waals surface area contributed by atoms with Crippen molar-refractivity contribution < 1.29 is 33.6 Å². The van der Waals surface area contributed by atoms with Crippen molar-refractivity contribution in [1.82, 2.24) is 9.97 Å². The summed E-state index contributed by atoms with van der Waals surface area (Å²) in [6.07, 6.45) is 56.1. The number of rotatable bonds is 54. The second-order valence-corrected chi connectivity index (χ2v) is 23.7. The molecule has 0 saturated heterocycles. The fraction of sp³-hybridized carbons (Fsp3) is 0.671. The van der Waals surface area contributed by atoms with Gasteiger partial charge in [-0.2, -0.15) is 0 Å². The molecule has 0 amide bonds. The number of ether oxygens (including phenoxy) is 4. The van der Waals surface area contributed by atoms with Crippen LogP contribution in [-0.2, 0) is 4.74 Å². The molecule has 4 aromatic rings. The SMILES string of the molecule is CCCCCCCCCCCCCCCCOc1cc(-c2ccc(C(=O)/C=C(/O)c3ccc(-c4ccc(C(=O)OC)cc4)[nH]3)[nH]2)cc(OCCCCCCCCCCCCCCCC)c1OCCCCCCCCCCCCCCCC. The van der Waals surface area contributed by atoms with Crippen LogP contribution in [0.4, 0.5) is 0 Å². The van der Waals surface area contributed by atoms with Crippen LogP contribution in [0.3, 0.4) is 0 Å². The topological polar surface area (TPSA) is 123 Å². The van der Waals surface area contributed by atoms with E-state index in [-0.39, 0.29) is 11.5 Å². The Balaban J connectivity index is 1.41. The Bertz CT molecular complexity index is 2180.